The molecule has 0 spiro atoms. The molecule has 1 aliphatic rings. The number of carbonyl (C=O) groups excluding carboxylic acids is 1. The van der Waals surface area contributed by atoms with E-state index in [0.717, 1.165) is 25.5 Å². The summed E-state index contributed by atoms with van der Waals surface area (Å²) < 4.78 is 2.02. The Bertz CT molecular complexity index is 465. The van der Waals surface area contributed by atoms with Gasteiger partial charge in [-0.15, -0.1) is 10.2 Å². The number of aromatic nitrogens is 3. The molecule has 1 saturated heterocycles. The molecule has 1 fully saturated rings. The highest BCUT2D eigenvalue weighted by molar-refractivity contribution is 5.76. The molecule has 22 heavy (non-hydrogen) atoms. The smallest absolute Gasteiger partial charge is 0.220 e. The van der Waals surface area contributed by atoms with E-state index in [4.69, 9.17) is 0 Å². The van der Waals surface area contributed by atoms with Gasteiger partial charge in [0.1, 0.15) is 12.2 Å². The Morgan fingerprint density at radius 1 is 1.41 bits per heavy atom. The zero-order chi connectivity index (χ0) is 15.9. The van der Waals surface area contributed by atoms with Crippen molar-refractivity contribution in [1.82, 2.24) is 25.4 Å². The van der Waals surface area contributed by atoms with E-state index in [1.807, 2.05) is 4.57 Å². The van der Waals surface area contributed by atoms with Gasteiger partial charge in [0.15, 0.2) is 0 Å². The van der Waals surface area contributed by atoms with E-state index in [2.05, 4.69) is 41.6 Å². The fourth-order valence-electron chi connectivity index (χ4n) is 3.14. The molecular weight excluding hydrogens is 278 g/mol. The van der Waals surface area contributed by atoms with Crippen LogP contribution in [0.25, 0.3) is 0 Å². The lowest BCUT2D eigenvalue weighted by Crippen LogP contribution is -2.34. The molecule has 0 radical (unpaired) electrons. The average Bonchev–Trinajstić information content (AvgIpc) is 2.97. The third kappa shape index (κ3) is 4.80. The fourth-order valence-corrected chi connectivity index (χ4v) is 3.14. The molecule has 0 bridgehead atoms. The molecule has 1 amide bonds. The summed E-state index contributed by atoms with van der Waals surface area (Å²) in [6.45, 7) is 9.93. The molecule has 1 atom stereocenters. The van der Waals surface area contributed by atoms with Gasteiger partial charge in [-0.3, -0.25) is 4.79 Å². The van der Waals surface area contributed by atoms with E-state index >= 15 is 0 Å². The van der Waals surface area contributed by atoms with Crippen molar-refractivity contribution in [2.75, 3.05) is 19.6 Å². The van der Waals surface area contributed by atoms with Crippen LogP contribution in [0, 0.1) is 11.8 Å². The molecule has 2 rings (SSSR count). The van der Waals surface area contributed by atoms with Crippen molar-refractivity contribution in [1.29, 1.82) is 0 Å². The van der Waals surface area contributed by atoms with Gasteiger partial charge in [-0.2, -0.15) is 0 Å². The molecule has 2 heterocycles. The first-order valence-electron chi connectivity index (χ1n) is 8.43. The van der Waals surface area contributed by atoms with Gasteiger partial charge in [-0.05, 0) is 37.8 Å². The molecule has 1 unspecified atom stereocenters. The maximum absolute atomic E-state index is 12.1. The standard InChI is InChI=1S/C16H29N5O/c1-12(2)16-20-19-11-21(16)9-8-18-15(22)10-13(3)14-4-6-17-7-5-14/h11-14,17H,4-10H2,1-3H3,(H,18,22). The number of nitrogens with one attached hydrogen (secondary N) is 2. The Hall–Kier alpha value is -1.43. The van der Waals surface area contributed by atoms with Gasteiger partial charge in [0, 0.05) is 25.4 Å². The average molecular weight is 307 g/mol. The zero-order valence-corrected chi connectivity index (χ0v) is 14.0. The van der Waals surface area contributed by atoms with Crippen molar-refractivity contribution in [2.24, 2.45) is 11.8 Å². The predicted octanol–water partition coefficient (Wildman–Crippen LogP) is 1.54. The molecule has 0 saturated carbocycles. The molecule has 1 aromatic rings. The molecular formula is C16H29N5O. The predicted molar refractivity (Wildman–Crippen MR) is 86.5 cm³/mol. The number of amides is 1. The van der Waals surface area contributed by atoms with Crippen LogP contribution in [0.1, 0.15) is 51.8 Å². The quantitative estimate of drug-likeness (QED) is 0.801. The summed E-state index contributed by atoms with van der Waals surface area (Å²) in [5.74, 6) is 2.61. The second-order valence-electron chi connectivity index (χ2n) is 6.66. The SMILES string of the molecule is CC(C)c1nncn1CCNC(=O)CC(C)C1CCNCC1. The minimum atomic E-state index is 0.158. The van der Waals surface area contributed by atoms with E-state index in [1.54, 1.807) is 6.33 Å². The number of hydrogen-bond acceptors (Lipinski definition) is 4. The van der Waals surface area contributed by atoms with Crippen LogP contribution in [-0.2, 0) is 11.3 Å². The Kier molecular flexibility index (Phi) is 6.36. The summed E-state index contributed by atoms with van der Waals surface area (Å²) in [4.78, 5) is 12.1. The second kappa shape index (κ2) is 8.27. The van der Waals surface area contributed by atoms with Crippen molar-refractivity contribution < 1.29 is 4.79 Å². The van der Waals surface area contributed by atoms with Crippen LogP contribution in [-0.4, -0.2) is 40.3 Å². The normalized spacial score (nSPS) is 17.6. The van der Waals surface area contributed by atoms with Crippen LogP contribution in [0.3, 0.4) is 0 Å². The molecule has 124 valence electrons. The van der Waals surface area contributed by atoms with Gasteiger partial charge in [0.05, 0.1) is 0 Å². The number of piperidine rings is 1. The minimum absolute atomic E-state index is 0.158. The largest absolute Gasteiger partial charge is 0.354 e. The lowest BCUT2D eigenvalue weighted by molar-refractivity contribution is -0.122. The minimum Gasteiger partial charge on any atom is -0.354 e. The van der Waals surface area contributed by atoms with E-state index in [0.29, 0.717) is 30.7 Å². The lowest BCUT2D eigenvalue weighted by atomic mass is 9.84. The molecule has 1 aliphatic heterocycles. The first kappa shape index (κ1) is 16.9. The highest BCUT2D eigenvalue weighted by Crippen LogP contribution is 2.24. The maximum Gasteiger partial charge on any atom is 0.220 e. The molecule has 6 nitrogen and oxygen atoms in total. The van der Waals surface area contributed by atoms with Crippen molar-refractivity contribution in [3.8, 4) is 0 Å². The topological polar surface area (TPSA) is 71.8 Å². The van der Waals surface area contributed by atoms with Gasteiger partial charge in [-0.25, -0.2) is 0 Å². The highest BCUT2D eigenvalue weighted by atomic mass is 16.1. The van der Waals surface area contributed by atoms with Crippen molar-refractivity contribution in [2.45, 2.75) is 52.5 Å². The van der Waals surface area contributed by atoms with Crippen LogP contribution in [0.15, 0.2) is 6.33 Å². The van der Waals surface area contributed by atoms with E-state index < -0.39 is 0 Å². The third-order valence-corrected chi connectivity index (χ3v) is 4.53. The first-order chi connectivity index (χ1) is 10.6. The number of hydrogen-bond donors (Lipinski definition) is 2. The number of nitrogens with zero attached hydrogens (tertiary/aromatic N) is 3. The summed E-state index contributed by atoms with van der Waals surface area (Å²) in [5.41, 5.74) is 0. The van der Waals surface area contributed by atoms with Crippen LogP contribution >= 0.6 is 0 Å². The van der Waals surface area contributed by atoms with Crippen LogP contribution < -0.4 is 10.6 Å². The third-order valence-electron chi connectivity index (χ3n) is 4.53. The Morgan fingerprint density at radius 2 is 2.14 bits per heavy atom. The van der Waals surface area contributed by atoms with Crippen molar-refractivity contribution in [3.05, 3.63) is 12.2 Å². The van der Waals surface area contributed by atoms with Crippen LogP contribution in [0.4, 0.5) is 0 Å². The molecule has 2 N–H and O–H groups in total. The molecule has 0 aliphatic carbocycles. The summed E-state index contributed by atoms with van der Waals surface area (Å²) in [5, 5.41) is 14.5. The molecule has 1 aromatic heterocycles. The number of carbonyl (C=O) groups is 1. The second-order valence-corrected chi connectivity index (χ2v) is 6.66. The Labute approximate surface area is 133 Å². The van der Waals surface area contributed by atoms with Gasteiger partial charge in [-0.1, -0.05) is 20.8 Å². The summed E-state index contributed by atoms with van der Waals surface area (Å²) >= 11 is 0. The highest BCUT2D eigenvalue weighted by Gasteiger charge is 2.21. The first-order valence-corrected chi connectivity index (χ1v) is 8.43. The van der Waals surface area contributed by atoms with Gasteiger partial charge in [0.2, 0.25) is 5.91 Å². The van der Waals surface area contributed by atoms with Gasteiger partial charge >= 0.3 is 0 Å². The van der Waals surface area contributed by atoms with Crippen molar-refractivity contribution in [3.63, 3.8) is 0 Å². The molecule has 6 heteroatoms. The Morgan fingerprint density at radius 3 is 2.82 bits per heavy atom. The molecule has 0 aromatic carbocycles. The maximum atomic E-state index is 12.1. The zero-order valence-electron chi connectivity index (χ0n) is 14.0. The van der Waals surface area contributed by atoms with E-state index in [1.165, 1.54) is 12.8 Å². The Balaban J connectivity index is 1.70. The van der Waals surface area contributed by atoms with Crippen LogP contribution in [0.2, 0.25) is 0 Å². The monoisotopic (exact) mass is 307 g/mol. The summed E-state index contributed by atoms with van der Waals surface area (Å²) in [7, 11) is 0. The van der Waals surface area contributed by atoms with Crippen molar-refractivity contribution >= 4 is 5.91 Å². The van der Waals surface area contributed by atoms with E-state index in [-0.39, 0.29) is 5.91 Å². The fraction of sp³-hybridized carbons (Fsp3) is 0.812. The lowest BCUT2D eigenvalue weighted by Gasteiger charge is -2.27. The van der Waals surface area contributed by atoms with Crippen LogP contribution in [0.5, 0.6) is 0 Å². The van der Waals surface area contributed by atoms with E-state index in [9.17, 15) is 4.79 Å². The van der Waals surface area contributed by atoms with Gasteiger partial charge in [0.25, 0.3) is 0 Å². The summed E-state index contributed by atoms with van der Waals surface area (Å²) in [6.07, 6.45) is 4.74. The summed E-state index contributed by atoms with van der Waals surface area (Å²) in [6, 6.07) is 0. The van der Waals surface area contributed by atoms with Gasteiger partial charge < -0.3 is 15.2 Å². The number of rotatable bonds is 7.